The van der Waals surface area contributed by atoms with Gasteiger partial charge in [-0.25, -0.2) is 9.78 Å². The summed E-state index contributed by atoms with van der Waals surface area (Å²) >= 11 is 0. The highest BCUT2D eigenvalue weighted by Crippen LogP contribution is 2.26. The maximum Gasteiger partial charge on any atom is 0.407 e. The molecule has 1 saturated heterocycles. The van der Waals surface area contributed by atoms with E-state index in [0.29, 0.717) is 37.6 Å². The van der Waals surface area contributed by atoms with Crippen molar-refractivity contribution in [3.8, 4) is 11.6 Å². The van der Waals surface area contributed by atoms with Crippen LogP contribution >= 0.6 is 0 Å². The van der Waals surface area contributed by atoms with Crippen LogP contribution in [0.5, 0.6) is 11.6 Å². The van der Waals surface area contributed by atoms with Crippen molar-refractivity contribution in [1.29, 1.82) is 0 Å². The van der Waals surface area contributed by atoms with E-state index in [1.807, 2.05) is 0 Å². The van der Waals surface area contributed by atoms with Crippen molar-refractivity contribution < 1.29 is 19.4 Å². The van der Waals surface area contributed by atoms with Gasteiger partial charge in [-0.3, -0.25) is 0 Å². The van der Waals surface area contributed by atoms with E-state index in [2.05, 4.69) is 4.98 Å². The molecular formula is C12H16N2O4. The molecule has 0 atom stereocenters. The molecule has 0 bridgehead atoms. The molecule has 6 heteroatoms. The van der Waals surface area contributed by atoms with E-state index in [4.69, 9.17) is 14.6 Å². The number of piperidine rings is 1. The molecule has 1 aliphatic heterocycles. The van der Waals surface area contributed by atoms with Gasteiger partial charge in [0.05, 0.1) is 7.11 Å². The zero-order valence-corrected chi connectivity index (χ0v) is 10.2. The second-order valence-electron chi connectivity index (χ2n) is 4.10. The molecule has 0 aliphatic carbocycles. The number of hydrogen-bond acceptors (Lipinski definition) is 4. The Morgan fingerprint density at radius 1 is 1.50 bits per heavy atom. The Labute approximate surface area is 105 Å². The van der Waals surface area contributed by atoms with E-state index in [0.717, 1.165) is 0 Å². The Bertz CT molecular complexity index is 416. The Hall–Kier alpha value is -1.98. The Morgan fingerprint density at radius 2 is 2.22 bits per heavy atom. The van der Waals surface area contributed by atoms with Gasteiger partial charge in [-0.05, 0) is 12.1 Å². The average molecular weight is 252 g/mol. The molecule has 6 nitrogen and oxygen atoms in total. The number of carbonyl (C=O) groups is 1. The van der Waals surface area contributed by atoms with Crippen LogP contribution in [0.2, 0.25) is 0 Å². The van der Waals surface area contributed by atoms with Gasteiger partial charge in [-0.1, -0.05) is 0 Å². The van der Waals surface area contributed by atoms with Crippen LogP contribution < -0.4 is 9.47 Å². The van der Waals surface area contributed by atoms with Gasteiger partial charge in [-0.2, -0.15) is 0 Å². The number of rotatable bonds is 3. The van der Waals surface area contributed by atoms with Crippen LogP contribution in [-0.4, -0.2) is 47.4 Å². The lowest BCUT2D eigenvalue weighted by Gasteiger charge is -2.30. The molecule has 1 aromatic rings. The van der Waals surface area contributed by atoms with Gasteiger partial charge in [0.1, 0.15) is 6.10 Å². The van der Waals surface area contributed by atoms with E-state index in [9.17, 15) is 4.79 Å². The van der Waals surface area contributed by atoms with Crippen LogP contribution in [0.15, 0.2) is 18.3 Å². The minimum absolute atomic E-state index is 0.0127. The lowest BCUT2D eigenvalue weighted by atomic mass is 10.1. The van der Waals surface area contributed by atoms with Crippen molar-refractivity contribution in [2.45, 2.75) is 18.9 Å². The minimum Gasteiger partial charge on any atom is -0.485 e. The van der Waals surface area contributed by atoms with Gasteiger partial charge in [0.15, 0.2) is 5.75 Å². The van der Waals surface area contributed by atoms with Crippen molar-refractivity contribution >= 4 is 6.09 Å². The maximum atomic E-state index is 10.8. The van der Waals surface area contributed by atoms with Gasteiger partial charge in [0, 0.05) is 32.1 Å². The molecule has 0 aromatic carbocycles. The van der Waals surface area contributed by atoms with Crippen LogP contribution in [0.4, 0.5) is 4.79 Å². The number of nitrogens with zero attached hydrogens (tertiary/aromatic N) is 2. The molecule has 0 unspecified atom stereocenters. The summed E-state index contributed by atoms with van der Waals surface area (Å²) in [7, 11) is 1.54. The van der Waals surface area contributed by atoms with E-state index in [1.54, 1.807) is 25.4 Å². The van der Waals surface area contributed by atoms with E-state index in [-0.39, 0.29) is 6.10 Å². The summed E-state index contributed by atoms with van der Waals surface area (Å²) in [5.74, 6) is 1.06. The second-order valence-corrected chi connectivity index (χ2v) is 4.10. The normalized spacial score (nSPS) is 16.4. The minimum atomic E-state index is -0.868. The molecule has 1 amide bonds. The number of likely N-dealkylation sites (tertiary alicyclic amines) is 1. The highest BCUT2D eigenvalue weighted by atomic mass is 16.5. The van der Waals surface area contributed by atoms with E-state index in [1.165, 1.54) is 4.90 Å². The van der Waals surface area contributed by atoms with E-state index >= 15 is 0 Å². The largest absolute Gasteiger partial charge is 0.485 e. The molecule has 18 heavy (non-hydrogen) atoms. The number of carboxylic acid groups (broad SMARTS) is 1. The standard InChI is InChI=1S/C12H16N2O4/c1-17-11-10(3-2-6-13-11)18-9-4-7-14(8-5-9)12(15)16/h2-3,6,9H,4-5,7-8H2,1H3,(H,15,16). The molecule has 0 radical (unpaired) electrons. The Balaban J connectivity index is 1.93. The van der Waals surface area contributed by atoms with Gasteiger partial charge < -0.3 is 19.5 Å². The van der Waals surface area contributed by atoms with Gasteiger partial charge in [-0.15, -0.1) is 0 Å². The first-order chi connectivity index (χ1) is 8.70. The highest BCUT2D eigenvalue weighted by molar-refractivity contribution is 5.65. The lowest BCUT2D eigenvalue weighted by molar-refractivity contribution is 0.0874. The zero-order chi connectivity index (χ0) is 13.0. The molecule has 2 rings (SSSR count). The van der Waals surface area contributed by atoms with E-state index < -0.39 is 6.09 Å². The zero-order valence-electron chi connectivity index (χ0n) is 10.2. The molecule has 2 heterocycles. The summed E-state index contributed by atoms with van der Waals surface area (Å²) in [4.78, 5) is 16.2. The fraction of sp³-hybridized carbons (Fsp3) is 0.500. The van der Waals surface area contributed by atoms with Crippen molar-refractivity contribution in [2.24, 2.45) is 0 Å². The number of hydrogen-bond donors (Lipinski definition) is 1. The predicted octanol–water partition coefficient (Wildman–Crippen LogP) is 1.61. The Morgan fingerprint density at radius 3 is 2.83 bits per heavy atom. The molecule has 1 N–H and O–H groups in total. The van der Waals surface area contributed by atoms with Crippen LogP contribution in [0.25, 0.3) is 0 Å². The molecular weight excluding hydrogens is 236 g/mol. The smallest absolute Gasteiger partial charge is 0.407 e. The third-order valence-corrected chi connectivity index (χ3v) is 2.94. The first-order valence-corrected chi connectivity index (χ1v) is 5.84. The third kappa shape index (κ3) is 2.82. The summed E-state index contributed by atoms with van der Waals surface area (Å²) in [5.41, 5.74) is 0. The van der Waals surface area contributed by atoms with Crippen molar-refractivity contribution in [3.05, 3.63) is 18.3 Å². The molecule has 0 spiro atoms. The summed E-state index contributed by atoms with van der Waals surface area (Å²) in [6.45, 7) is 1.01. The molecule has 1 aliphatic rings. The van der Waals surface area contributed by atoms with Crippen LogP contribution in [0.1, 0.15) is 12.8 Å². The third-order valence-electron chi connectivity index (χ3n) is 2.94. The summed E-state index contributed by atoms with van der Waals surface area (Å²) in [6, 6.07) is 3.58. The fourth-order valence-electron chi connectivity index (χ4n) is 1.96. The number of aromatic nitrogens is 1. The first kappa shape index (κ1) is 12.5. The summed E-state index contributed by atoms with van der Waals surface area (Å²) < 4.78 is 10.9. The highest BCUT2D eigenvalue weighted by Gasteiger charge is 2.24. The predicted molar refractivity (Wildman–Crippen MR) is 64.0 cm³/mol. The SMILES string of the molecule is COc1ncccc1OC1CCN(C(=O)O)CC1. The van der Waals surface area contributed by atoms with Gasteiger partial charge in [0.2, 0.25) is 0 Å². The van der Waals surface area contributed by atoms with Crippen molar-refractivity contribution in [1.82, 2.24) is 9.88 Å². The summed E-state index contributed by atoms with van der Waals surface area (Å²) in [5, 5.41) is 8.85. The van der Waals surface area contributed by atoms with Gasteiger partial charge >= 0.3 is 6.09 Å². The number of amides is 1. The summed E-state index contributed by atoms with van der Waals surface area (Å²) in [6.07, 6.45) is 2.15. The molecule has 0 saturated carbocycles. The monoisotopic (exact) mass is 252 g/mol. The Kier molecular flexibility index (Phi) is 3.86. The average Bonchev–Trinajstić information content (AvgIpc) is 2.40. The van der Waals surface area contributed by atoms with Crippen LogP contribution in [-0.2, 0) is 0 Å². The topological polar surface area (TPSA) is 71.9 Å². The number of ether oxygens (including phenoxy) is 2. The van der Waals surface area contributed by atoms with Gasteiger partial charge in [0.25, 0.3) is 5.88 Å². The fourth-order valence-corrected chi connectivity index (χ4v) is 1.96. The quantitative estimate of drug-likeness (QED) is 0.884. The maximum absolute atomic E-state index is 10.8. The van der Waals surface area contributed by atoms with Crippen LogP contribution in [0.3, 0.4) is 0 Å². The first-order valence-electron chi connectivity index (χ1n) is 5.84. The second kappa shape index (κ2) is 5.57. The number of pyridine rings is 1. The molecule has 98 valence electrons. The van der Waals surface area contributed by atoms with Crippen LogP contribution in [0, 0.1) is 0 Å². The number of methoxy groups -OCH3 is 1. The van der Waals surface area contributed by atoms with Crippen molar-refractivity contribution in [3.63, 3.8) is 0 Å². The molecule has 1 fully saturated rings. The van der Waals surface area contributed by atoms with Crippen molar-refractivity contribution in [2.75, 3.05) is 20.2 Å². The molecule has 1 aromatic heterocycles. The lowest BCUT2D eigenvalue weighted by Crippen LogP contribution is -2.41.